The Morgan fingerprint density at radius 2 is 1.58 bits per heavy atom. The summed E-state index contributed by atoms with van der Waals surface area (Å²) >= 11 is 0. The van der Waals surface area contributed by atoms with Gasteiger partial charge in [-0.1, -0.05) is 0 Å². The van der Waals surface area contributed by atoms with Gasteiger partial charge in [0, 0.05) is 17.7 Å². The van der Waals surface area contributed by atoms with Crippen LogP contribution in [0.5, 0.6) is 0 Å². The summed E-state index contributed by atoms with van der Waals surface area (Å²) in [6.45, 7) is 0. The number of nitro benzene ring substituents is 1. The van der Waals surface area contributed by atoms with Gasteiger partial charge in [0.15, 0.2) is 17.2 Å². The second kappa shape index (κ2) is 7.26. The zero-order chi connectivity index (χ0) is 18.5. The van der Waals surface area contributed by atoms with E-state index in [0.29, 0.717) is 0 Å². The summed E-state index contributed by atoms with van der Waals surface area (Å²) in [5.74, 6) is -1.04. The molecule has 0 aliphatic carbocycles. The van der Waals surface area contributed by atoms with Crippen molar-refractivity contribution in [3.8, 4) is 0 Å². The van der Waals surface area contributed by atoms with Gasteiger partial charge in [-0.15, -0.1) is 0 Å². The van der Waals surface area contributed by atoms with Gasteiger partial charge in [-0.3, -0.25) is 19.7 Å². The minimum absolute atomic E-state index is 0.0322. The first kappa shape index (κ1) is 16.8. The Labute approximate surface area is 146 Å². The molecule has 0 radical (unpaired) electrons. The topological polar surface area (TPSA) is 128 Å². The number of nitro groups is 1. The normalized spacial score (nSPS) is 11.2. The van der Waals surface area contributed by atoms with E-state index in [9.17, 15) is 19.7 Å². The summed E-state index contributed by atoms with van der Waals surface area (Å²) in [5, 5.41) is 14.5. The molecule has 0 saturated carbocycles. The van der Waals surface area contributed by atoms with E-state index >= 15 is 0 Å². The maximum absolute atomic E-state index is 12.5. The lowest BCUT2D eigenvalue weighted by Crippen LogP contribution is -2.24. The molecule has 1 amide bonds. The van der Waals surface area contributed by atoms with Crippen molar-refractivity contribution in [2.45, 2.75) is 0 Å². The third-order valence-electron chi connectivity index (χ3n) is 3.32. The number of hydrazone groups is 1. The minimum atomic E-state index is -0.642. The average molecular weight is 353 g/mol. The highest BCUT2D eigenvalue weighted by atomic mass is 16.6. The number of carbonyl (C=O) groups excluding carboxylic acids is 2. The minimum Gasteiger partial charge on any atom is -0.462 e. The standard InChI is InChI=1S/C17H11N3O6/c21-16(14-4-2-10-26-14)15(13-3-1-9-25-13)18-19-17(22)11-5-7-12(8-6-11)20(23)24/h1-10H,(H,19,22)/b18-15-. The van der Waals surface area contributed by atoms with E-state index in [1.807, 2.05) is 0 Å². The molecule has 9 nitrogen and oxygen atoms in total. The molecule has 0 bridgehead atoms. The van der Waals surface area contributed by atoms with Gasteiger partial charge in [0.05, 0.1) is 17.4 Å². The van der Waals surface area contributed by atoms with E-state index in [0.717, 1.165) is 0 Å². The molecule has 1 N–H and O–H groups in total. The van der Waals surface area contributed by atoms with Gasteiger partial charge in [-0.2, -0.15) is 5.10 Å². The fourth-order valence-corrected chi connectivity index (χ4v) is 2.06. The molecule has 1 aromatic carbocycles. The average Bonchev–Trinajstić information content (AvgIpc) is 3.35. The molecule has 3 aromatic rings. The van der Waals surface area contributed by atoms with Crippen LogP contribution in [0.25, 0.3) is 0 Å². The van der Waals surface area contributed by atoms with Crippen molar-refractivity contribution in [3.63, 3.8) is 0 Å². The summed E-state index contributed by atoms with van der Waals surface area (Å²) in [4.78, 5) is 34.7. The fourth-order valence-electron chi connectivity index (χ4n) is 2.06. The van der Waals surface area contributed by atoms with Crippen LogP contribution in [0, 0.1) is 10.1 Å². The molecule has 0 fully saturated rings. The van der Waals surface area contributed by atoms with Crippen LogP contribution in [0.1, 0.15) is 26.7 Å². The third-order valence-corrected chi connectivity index (χ3v) is 3.32. The van der Waals surface area contributed by atoms with E-state index < -0.39 is 16.6 Å². The summed E-state index contributed by atoms with van der Waals surface area (Å²) < 4.78 is 10.2. The van der Waals surface area contributed by atoms with Gasteiger partial charge in [-0.25, -0.2) is 5.43 Å². The molecule has 2 aromatic heterocycles. The van der Waals surface area contributed by atoms with Crippen LogP contribution >= 0.6 is 0 Å². The highest BCUT2D eigenvalue weighted by Gasteiger charge is 2.22. The molecule has 0 aliphatic heterocycles. The molecule has 0 saturated heterocycles. The Kier molecular flexibility index (Phi) is 4.70. The first-order chi connectivity index (χ1) is 12.6. The van der Waals surface area contributed by atoms with Gasteiger partial charge in [0.25, 0.3) is 17.4 Å². The summed E-state index contributed by atoms with van der Waals surface area (Å²) in [6.07, 6.45) is 2.70. The SMILES string of the molecule is O=C(N/N=C(\C(=O)c1ccco1)c1ccco1)c1ccc([N+](=O)[O-])cc1. The summed E-state index contributed by atoms with van der Waals surface area (Å²) in [7, 11) is 0. The lowest BCUT2D eigenvalue weighted by molar-refractivity contribution is -0.384. The monoisotopic (exact) mass is 353 g/mol. The Morgan fingerprint density at radius 1 is 0.962 bits per heavy atom. The molecule has 0 spiro atoms. The Balaban J connectivity index is 1.83. The van der Waals surface area contributed by atoms with Crippen molar-refractivity contribution in [1.29, 1.82) is 0 Å². The van der Waals surface area contributed by atoms with E-state index in [2.05, 4.69) is 10.5 Å². The third kappa shape index (κ3) is 3.56. The largest absolute Gasteiger partial charge is 0.462 e. The second-order valence-corrected chi connectivity index (χ2v) is 4.99. The van der Waals surface area contributed by atoms with Crippen LogP contribution < -0.4 is 5.43 Å². The van der Waals surface area contributed by atoms with Crippen molar-refractivity contribution in [2.24, 2.45) is 5.10 Å². The van der Waals surface area contributed by atoms with Crippen LogP contribution in [0.2, 0.25) is 0 Å². The lowest BCUT2D eigenvalue weighted by Gasteiger charge is -2.03. The summed E-state index contributed by atoms with van der Waals surface area (Å²) in [5.41, 5.74) is 2.08. The Morgan fingerprint density at radius 3 is 2.12 bits per heavy atom. The maximum atomic E-state index is 12.5. The first-order valence-electron chi connectivity index (χ1n) is 7.31. The van der Waals surface area contributed by atoms with Crippen molar-refractivity contribution in [1.82, 2.24) is 5.43 Å². The Bertz CT molecular complexity index is 957. The molecule has 26 heavy (non-hydrogen) atoms. The number of ketones is 1. The number of nitrogens with zero attached hydrogens (tertiary/aromatic N) is 2. The van der Waals surface area contributed by atoms with Crippen molar-refractivity contribution in [3.05, 3.63) is 88.3 Å². The number of benzene rings is 1. The van der Waals surface area contributed by atoms with Crippen LogP contribution in [-0.2, 0) is 0 Å². The molecule has 2 heterocycles. The van der Waals surface area contributed by atoms with Gasteiger partial charge in [0.1, 0.15) is 0 Å². The van der Waals surface area contributed by atoms with Crippen LogP contribution in [-0.4, -0.2) is 22.3 Å². The van der Waals surface area contributed by atoms with Gasteiger partial charge in [-0.05, 0) is 36.4 Å². The maximum Gasteiger partial charge on any atom is 0.271 e. The van der Waals surface area contributed by atoms with Crippen LogP contribution in [0.4, 0.5) is 5.69 Å². The number of carbonyl (C=O) groups is 2. The predicted octanol–water partition coefficient (Wildman–Crippen LogP) is 2.80. The number of rotatable bonds is 6. The Hall–Kier alpha value is -4.01. The highest BCUT2D eigenvalue weighted by Crippen LogP contribution is 2.13. The quantitative estimate of drug-likeness (QED) is 0.314. The number of hydrogen-bond donors (Lipinski definition) is 1. The van der Waals surface area contributed by atoms with Gasteiger partial charge >= 0.3 is 0 Å². The van der Waals surface area contributed by atoms with Gasteiger partial charge in [0.2, 0.25) is 0 Å². The molecule has 0 atom stereocenters. The smallest absolute Gasteiger partial charge is 0.271 e. The van der Waals surface area contributed by atoms with E-state index in [-0.39, 0.29) is 28.5 Å². The number of Topliss-reactive ketones (excluding diaryl/α,β-unsaturated/α-hetero) is 1. The number of amides is 1. The van der Waals surface area contributed by atoms with Crippen LogP contribution in [0.3, 0.4) is 0 Å². The molecule has 9 heteroatoms. The lowest BCUT2D eigenvalue weighted by atomic mass is 10.1. The van der Waals surface area contributed by atoms with E-state index in [1.165, 1.54) is 48.9 Å². The van der Waals surface area contributed by atoms with E-state index in [1.54, 1.807) is 12.1 Å². The fraction of sp³-hybridized carbons (Fsp3) is 0. The molecule has 0 aliphatic rings. The second-order valence-electron chi connectivity index (χ2n) is 4.99. The van der Waals surface area contributed by atoms with Crippen molar-refractivity contribution >= 4 is 23.1 Å². The number of furan rings is 2. The molecule has 130 valence electrons. The predicted molar refractivity (Wildman–Crippen MR) is 88.8 cm³/mol. The zero-order valence-corrected chi connectivity index (χ0v) is 13.1. The first-order valence-corrected chi connectivity index (χ1v) is 7.31. The highest BCUT2D eigenvalue weighted by molar-refractivity contribution is 6.50. The van der Waals surface area contributed by atoms with Crippen LogP contribution in [0.15, 0.2) is 75.0 Å². The molecular formula is C17H11N3O6. The van der Waals surface area contributed by atoms with Crippen molar-refractivity contribution in [2.75, 3.05) is 0 Å². The summed E-state index contributed by atoms with van der Waals surface area (Å²) in [6, 6.07) is 11.0. The number of nitrogens with one attached hydrogen (secondary N) is 1. The number of hydrogen-bond acceptors (Lipinski definition) is 7. The molecular weight excluding hydrogens is 342 g/mol. The van der Waals surface area contributed by atoms with Crippen molar-refractivity contribution < 1.29 is 23.3 Å². The number of non-ortho nitro benzene ring substituents is 1. The molecule has 3 rings (SSSR count). The molecule has 0 unspecified atom stereocenters. The zero-order valence-electron chi connectivity index (χ0n) is 13.1. The van der Waals surface area contributed by atoms with E-state index in [4.69, 9.17) is 8.83 Å². The van der Waals surface area contributed by atoms with Gasteiger partial charge < -0.3 is 8.83 Å².